The van der Waals surface area contributed by atoms with Crippen molar-refractivity contribution in [2.45, 2.75) is 38.3 Å². The molecule has 2 aliphatic rings. The maximum Gasteiger partial charge on any atom is 0.173 e. The lowest BCUT2D eigenvalue weighted by molar-refractivity contribution is 0.162. The highest BCUT2D eigenvalue weighted by Crippen LogP contribution is 2.34. The number of thiophene rings is 1. The Bertz CT molecular complexity index is 1890. The van der Waals surface area contributed by atoms with Crippen LogP contribution in [-0.4, -0.2) is 63.3 Å². The minimum Gasteiger partial charge on any atom is -0.283 e. The number of hydrogen-bond acceptors (Lipinski definition) is 9. The summed E-state index contributed by atoms with van der Waals surface area (Å²) in [6.07, 6.45) is 0. The van der Waals surface area contributed by atoms with Gasteiger partial charge < -0.3 is 0 Å². The molecular weight excluding hydrogens is 630 g/mol. The molecule has 0 spiro atoms. The normalized spacial score (nSPS) is 18.0. The molecule has 0 fully saturated rings. The Morgan fingerprint density at radius 3 is 1.96 bits per heavy atom. The molecule has 0 amide bonds. The van der Waals surface area contributed by atoms with Gasteiger partial charge >= 0.3 is 0 Å². The van der Waals surface area contributed by atoms with E-state index in [9.17, 15) is 8.78 Å². The first-order chi connectivity index (χ1) is 22.5. The van der Waals surface area contributed by atoms with Crippen LogP contribution in [0, 0.1) is 11.6 Å². The molecule has 3 aromatic carbocycles. The van der Waals surface area contributed by atoms with Gasteiger partial charge in [-0.15, -0.1) is 21.5 Å². The minimum absolute atomic E-state index is 0.134. The molecule has 2 unspecified atom stereocenters. The zero-order valence-corrected chi connectivity index (χ0v) is 26.1. The van der Waals surface area contributed by atoms with E-state index >= 15 is 0 Å². The molecule has 3 aromatic heterocycles. The van der Waals surface area contributed by atoms with E-state index in [0.717, 1.165) is 37.6 Å². The maximum absolute atomic E-state index is 14.3. The zero-order valence-electron chi connectivity index (χ0n) is 24.6. The van der Waals surface area contributed by atoms with Crippen LogP contribution in [0.15, 0.2) is 90.3 Å². The summed E-state index contributed by atoms with van der Waals surface area (Å²) >= 11 is 7.72. The van der Waals surface area contributed by atoms with Gasteiger partial charge in [-0.1, -0.05) is 66.2 Å². The molecular formula is C32H29ClF2N10S. The first-order valence-corrected chi connectivity index (χ1v) is 16.1. The van der Waals surface area contributed by atoms with Crippen molar-refractivity contribution in [3.05, 3.63) is 140 Å². The van der Waals surface area contributed by atoms with Crippen molar-refractivity contribution in [3.8, 4) is 0 Å². The number of aromatic nitrogens is 8. The van der Waals surface area contributed by atoms with E-state index < -0.39 is 0 Å². The fourth-order valence-electron chi connectivity index (χ4n) is 5.99. The van der Waals surface area contributed by atoms with E-state index in [0.29, 0.717) is 35.1 Å². The number of halogens is 3. The van der Waals surface area contributed by atoms with Crippen molar-refractivity contribution in [3.63, 3.8) is 0 Å². The summed E-state index contributed by atoms with van der Waals surface area (Å²) in [6.45, 7) is 4.19. The second-order valence-electron chi connectivity index (χ2n) is 11.0. The first kappa shape index (κ1) is 30.2. The van der Waals surface area contributed by atoms with Gasteiger partial charge in [0.1, 0.15) is 17.7 Å². The molecule has 0 N–H and O–H groups in total. The van der Waals surface area contributed by atoms with Crippen LogP contribution in [0.5, 0.6) is 0 Å². The lowest BCUT2D eigenvalue weighted by Gasteiger charge is -2.35. The van der Waals surface area contributed by atoms with Crippen LogP contribution < -0.4 is 0 Å². The maximum atomic E-state index is 14.3. The Kier molecular flexibility index (Phi) is 8.88. The zero-order chi connectivity index (χ0) is 31.5. The van der Waals surface area contributed by atoms with Gasteiger partial charge in [0, 0.05) is 47.2 Å². The van der Waals surface area contributed by atoms with Gasteiger partial charge in [-0.3, -0.25) is 9.80 Å². The Labute approximate surface area is 272 Å². The Balaban J connectivity index is 0.000000147. The van der Waals surface area contributed by atoms with Gasteiger partial charge in [0.05, 0.1) is 19.1 Å². The van der Waals surface area contributed by atoms with Gasteiger partial charge in [-0.25, -0.2) is 18.1 Å². The highest BCUT2D eigenvalue weighted by Gasteiger charge is 2.34. The molecule has 234 valence electrons. The standard InChI is InChI=1S/C17H15ClFN5.C15H14FN5S/c18-14-7-5-12(6-8-14)16-17-20-21-22-24(17)10-9-23(16)11-13-3-1-2-4-15(13)19;16-13-6-2-1-5-12(13)14-15-17-18-19-21(15)8-7-20(14)10-11-4-3-9-22-11/h1-8,16H,9-11H2;1-6,9,14H,7-8,10H2. The summed E-state index contributed by atoms with van der Waals surface area (Å²) in [4.78, 5) is 5.67. The third-order valence-corrected chi connectivity index (χ3v) is 9.31. The third-order valence-electron chi connectivity index (χ3n) is 8.19. The predicted molar refractivity (Wildman–Crippen MR) is 169 cm³/mol. The molecule has 6 aromatic rings. The monoisotopic (exact) mass is 658 g/mol. The van der Waals surface area contributed by atoms with E-state index in [4.69, 9.17) is 11.6 Å². The van der Waals surface area contributed by atoms with Crippen molar-refractivity contribution in [2.24, 2.45) is 0 Å². The van der Waals surface area contributed by atoms with Crippen molar-refractivity contribution in [1.29, 1.82) is 0 Å². The fourth-order valence-corrected chi connectivity index (χ4v) is 6.85. The average Bonchev–Trinajstić information content (AvgIpc) is 3.86. The smallest absolute Gasteiger partial charge is 0.173 e. The molecule has 0 bridgehead atoms. The van der Waals surface area contributed by atoms with E-state index in [2.05, 4.69) is 52.3 Å². The van der Waals surface area contributed by atoms with Gasteiger partial charge in [0.2, 0.25) is 0 Å². The lowest BCUT2D eigenvalue weighted by atomic mass is 10.0. The number of tetrazole rings is 2. The summed E-state index contributed by atoms with van der Waals surface area (Å²) < 4.78 is 32.0. The van der Waals surface area contributed by atoms with Crippen molar-refractivity contribution in [2.75, 3.05) is 13.1 Å². The van der Waals surface area contributed by atoms with E-state index in [1.807, 2.05) is 54.6 Å². The highest BCUT2D eigenvalue weighted by atomic mass is 35.5. The van der Waals surface area contributed by atoms with Crippen LogP contribution in [0.4, 0.5) is 8.78 Å². The topological polar surface area (TPSA) is 93.7 Å². The molecule has 46 heavy (non-hydrogen) atoms. The number of hydrogen-bond donors (Lipinski definition) is 0. The van der Waals surface area contributed by atoms with E-state index in [-0.39, 0.29) is 23.7 Å². The van der Waals surface area contributed by atoms with Gasteiger partial charge in [0.25, 0.3) is 0 Å². The largest absolute Gasteiger partial charge is 0.283 e. The summed E-state index contributed by atoms with van der Waals surface area (Å²) in [5, 5.41) is 26.6. The van der Waals surface area contributed by atoms with Crippen LogP contribution >= 0.6 is 22.9 Å². The van der Waals surface area contributed by atoms with E-state index in [1.54, 1.807) is 32.8 Å². The summed E-state index contributed by atoms with van der Waals surface area (Å²) in [5.41, 5.74) is 2.32. The number of fused-ring (bicyclic) bond motifs is 2. The Morgan fingerprint density at radius 2 is 1.30 bits per heavy atom. The average molecular weight is 659 g/mol. The first-order valence-electron chi connectivity index (χ1n) is 14.8. The second kappa shape index (κ2) is 13.5. The molecule has 10 nitrogen and oxygen atoms in total. The summed E-state index contributed by atoms with van der Waals surface area (Å²) in [6, 6.07) is 25.1. The van der Waals surface area contributed by atoms with Crippen LogP contribution in [-0.2, 0) is 26.2 Å². The van der Waals surface area contributed by atoms with Crippen LogP contribution in [0.1, 0.15) is 45.3 Å². The van der Waals surface area contributed by atoms with Crippen molar-refractivity contribution < 1.29 is 8.78 Å². The number of benzene rings is 3. The fraction of sp³-hybridized carbons (Fsp3) is 0.250. The number of nitrogens with zero attached hydrogens (tertiary/aromatic N) is 10. The van der Waals surface area contributed by atoms with Crippen molar-refractivity contribution in [1.82, 2.24) is 50.2 Å². The number of rotatable bonds is 6. The molecule has 0 radical (unpaired) electrons. The Morgan fingerprint density at radius 1 is 0.674 bits per heavy atom. The summed E-state index contributed by atoms with van der Waals surface area (Å²) in [7, 11) is 0. The van der Waals surface area contributed by atoms with Crippen LogP contribution in [0.3, 0.4) is 0 Å². The molecule has 0 saturated carbocycles. The lowest BCUT2D eigenvalue weighted by Crippen LogP contribution is -2.39. The second-order valence-corrected chi connectivity index (χ2v) is 12.5. The molecule has 0 saturated heterocycles. The molecule has 0 aliphatic carbocycles. The van der Waals surface area contributed by atoms with E-state index in [1.165, 1.54) is 17.0 Å². The SMILES string of the molecule is Fc1ccccc1C1c2nnnn2CCN1Cc1cccs1.Fc1ccccc1CN1CCn2nnnc2C1c1ccc(Cl)cc1. The van der Waals surface area contributed by atoms with Crippen LogP contribution in [0.2, 0.25) is 5.02 Å². The van der Waals surface area contributed by atoms with Crippen LogP contribution in [0.25, 0.3) is 0 Å². The predicted octanol–water partition coefficient (Wildman–Crippen LogP) is 5.55. The molecule has 14 heteroatoms. The molecule has 2 atom stereocenters. The van der Waals surface area contributed by atoms with Gasteiger partial charge in [-0.05, 0) is 62.1 Å². The highest BCUT2D eigenvalue weighted by molar-refractivity contribution is 7.09. The molecule has 8 rings (SSSR count). The third kappa shape index (κ3) is 6.31. The Hall–Kier alpha value is -4.43. The van der Waals surface area contributed by atoms with Gasteiger partial charge in [0.15, 0.2) is 11.6 Å². The molecule has 5 heterocycles. The summed E-state index contributed by atoms with van der Waals surface area (Å²) in [5.74, 6) is 1.05. The van der Waals surface area contributed by atoms with Crippen molar-refractivity contribution >= 4 is 22.9 Å². The van der Waals surface area contributed by atoms with Gasteiger partial charge in [-0.2, -0.15) is 0 Å². The minimum atomic E-state index is -0.257. The molecule has 2 aliphatic heterocycles. The quantitative estimate of drug-likeness (QED) is 0.230.